The summed E-state index contributed by atoms with van der Waals surface area (Å²) in [6.45, 7) is 2.71. The Hall–Kier alpha value is -3.29. The first kappa shape index (κ1) is 26.8. The van der Waals surface area contributed by atoms with E-state index in [-0.39, 0.29) is 11.8 Å². The number of nitrogens with zero attached hydrogens (tertiary/aromatic N) is 2. The van der Waals surface area contributed by atoms with Gasteiger partial charge in [-0.15, -0.1) is 0 Å². The van der Waals surface area contributed by atoms with E-state index in [1.807, 2.05) is 12.1 Å². The Labute approximate surface area is 216 Å². The maximum Gasteiger partial charge on any atom is 0.421 e. The fourth-order valence-electron chi connectivity index (χ4n) is 4.67. The highest BCUT2D eigenvalue weighted by atomic mass is 19.4. The van der Waals surface area contributed by atoms with E-state index in [0.717, 1.165) is 37.6 Å². The summed E-state index contributed by atoms with van der Waals surface area (Å²) in [4.78, 5) is 8.10. The average molecular weight is 513 g/mol. The third-order valence-corrected chi connectivity index (χ3v) is 6.70. The molecule has 1 saturated carbocycles. The zero-order valence-electron chi connectivity index (χ0n) is 21.3. The molecule has 0 aliphatic heterocycles. The number of unbranched alkanes of at least 4 members (excludes halogenated alkanes) is 3. The van der Waals surface area contributed by atoms with Crippen LogP contribution in [0.1, 0.15) is 81.8 Å². The van der Waals surface area contributed by atoms with Crippen LogP contribution in [0.15, 0.2) is 54.7 Å². The lowest BCUT2D eigenvalue weighted by Gasteiger charge is -2.22. The summed E-state index contributed by atoms with van der Waals surface area (Å²) >= 11 is 0. The molecule has 0 saturated heterocycles. The van der Waals surface area contributed by atoms with Gasteiger partial charge in [-0.25, -0.2) is 4.98 Å². The van der Waals surface area contributed by atoms with Crippen LogP contribution in [-0.4, -0.2) is 16.6 Å². The van der Waals surface area contributed by atoms with E-state index in [2.05, 4.69) is 39.7 Å². The van der Waals surface area contributed by atoms with E-state index in [0.29, 0.717) is 24.0 Å². The Morgan fingerprint density at radius 2 is 1.70 bits per heavy atom. The Morgan fingerprint density at radius 3 is 2.43 bits per heavy atom. The lowest BCUT2D eigenvalue weighted by Crippen LogP contribution is -2.12. The van der Waals surface area contributed by atoms with Crippen molar-refractivity contribution in [3.05, 3.63) is 65.9 Å². The van der Waals surface area contributed by atoms with E-state index in [4.69, 9.17) is 4.74 Å². The molecule has 37 heavy (non-hydrogen) atoms. The number of alkyl halides is 3. The largest absolute Gasteiger partial charge is 0.494 e. The number of rotatable bonds is 11. The van der Waals surface area contributed by atoms with Gasteiger partial charge in [-0.1, -0.05) is 63.6 Å². The topological polar surface area (TPSA) is 59.1 Å². The Kier molecular flexibility index (Phi) is 9.25. The normalized spacial score (nSPS) is 14.4. The highest BCUT2D eigenvalue weighted by molar-refractivity contribution is 5.64. The second-order valence-corrected chi connectivity index (χ2v) is 9.60. The Balaban J connectivity index is 1.47. The minimum Gasteiger partial charge on any atom is -0.494 e. The van der Waals surface area contributed by atoms with Gasteiger partial charge in [0.1, 0.15) is 17.1 Å². The fourth-order valence-corrected chi connectivity index (χ4v) is 4.67. The van der Waals surface area contributed by atoms with Crippen LogP contribution in [0.25, 0.3) is 0 Å². The van der Waals surface area contributed by atoms with Crippen molar-refractivity contribution in [2.75, 3.05) is 17.2 Å². The number of aromatic nitrogens is 2. The van der Waals surface area contributed by atoms with Crippen molar-refractivity contribution >= 4 is 23.1 Å². The molecule has 0 spiro atoms. The third kappa shape index (κ3) is 7.84. The van der Waals surface area contributed by atoms with Crippen LogP contribution in [0.5, 0.6) is 5.75 Å². The molecule has 1 fully saturated rings. The lowest BCUT2D eigenvalue weighted by molar-refractivity contribution is -0.137. The molecule has 1 heterocycles. The quantitative estimate of drug-likeness (QED) is 0.251. The molecular weight excluding hydrogens is 477 g/mol. The summed E-state index contributed by atoms with van der Waals surface area (Å²) in [6.07, 6.45) is 6.75. The van der Waals surface area contributed by atoms with Gasteiger partial charge in [0.25, 0.3) is 0 Å². The minimum atomic E-state index is -4.60. The molecule has 1 aliphatic carbocycles. The molecule has 0 bridgehead atoms. The van der Waals surface area contributed by atoms with Crippen LogP contribution in [-0.2, 0) is 6.18 Å². The SMILES string of the molecule is CCCCCCOc1cccc(Nc2nc(Nc3ccc(C4CCCCC4)cc3)ncc2C(F)(F)F)c1. The van der Waals surface area contributed by atoms with Crippen molar-refractivity contribution in [1.82, 2.24) is 9.97 Å². The smallest absolute Gasteiger partial charge is 0.421 e. The fraction of sp³-hybridized carbons (Fsp3) is 0.448. The van der Waals surface area contributed by atoms with Gasteiger partial charge in [-0.3, -0.25) is 0 Å². The maximum absolute atomic E-state index is 13.7. The molecular formula is C29H35F3N4O. The number of benzene rings is 2. The monoisotopic (exact) mass is 512 g/mol. The number of anilines is 4. The zero-order chi connectivity index (χ0) is 26.1. The first-order chi connectivity index (χ1) is 17.9. The first-order valence-corrected chi connectivity index (χ1v) is 13.2. The van der Waals surface area contributed by atoms with Gasteiger partial charge in [0.05, 0.1) is 6.61 Å². The van der Waals surface area contributed by atoms with Gasteiger partial charge in [0, 0.05) is 23.6 Å². The number of hydrogen-bond donors (Lipinski definition) is 2. The van der Waals surface area contributed by atoms with E-state index >= 15 is 0 Å². The van der Waals surface area contributed by atoms with Gasteiger partial charge < -0.3 is 15.4 Å². The van der Waals surface area contributed by atoms with Gasteiger partial charge in [0.2, 0.25) is 5.95 Å². The van der Waals surface area contributed by atoms with Crippen LogP contribution in [0, 0.1) is 0 Å². The van der Waals surface area contributed by atoms with E-state index in [9.17, 15) is 13.2 Å². The van der Waals surface area contributed by atoms with Crippen LogP contribution in [0.3, 0.4) is 0 Å². The van der Waals surface area contributed by atoms with Crippen molar-refractivity contribution in [2.24, 2.45) is 0 Å². The molecule has 0 radical (unpaired) electrons. The van der Waals surface area contributed by atoms with Crippen LogP contribution < -0.4 is 15.4 Å². The van der Waals surface area contributed by atoms with Gasteiger partial charge in [-0.05, 0) is 55.0 Å². The minimum absolute atomic E-state index is 0.0873. The Morgan fingerprint density at radius 1 is 0.919 bits per heavy atom. The molecule has 0 atom stereocenters. The molecule has 1 aliphatic rings. The van der Waals surface area contributed by atoms with Crippen LogP contribution in [0.2, 0.25) is 0 Å². The molecule has 2 aromatic carbocycles. The van der Waals surface area contributed by atoms with Crippen molar-refractivity contribution < 1.29 is 17.9 Å². The number of halogens is 3. The van der Waals surface area contributed by atoms with E-state index in [1.54, 1.807) is 24.3 Å². The molecule has 3 aromatic rings. The predicted molar refractivity (Wildman–Crippen MR) is 142 cm³/mol. The lowest BCUT2D eigenvalue weighted by atomic mass is 9.84. The number of hydrogen-bond acceptors (Lipinski definition) is 5. The van der Waals surface area contributed by atoms with E-state index in [1.165, 1.54) is 37.7 Å². The molecule has 0 unspecified atom stereocenters. The summed E-state index contributed by atoms with van der Waals surface area (Å²) in [6, 6.07) is 14.9. The van der Waals surface area contributed by atoms with Crippen LogP contribution in [0.4, 0.5) is 36.3 Å². The van der Waals surface area contributed by atoms with E-state index < -0.39 is 11.7 Å². The molecule has 8 heteroatoms. The summed E-state index contributed by atoms with van der Waals surface area (Å²) in [5, 5.41) is 5.86. The predicted octanol–water partition coefficient (Wildman–Crippen LogP) is 8.99. The van der Waals surface area contributed by atoms with Gasteiger partial charge >= 0.3 is 6.18 Å². The molecule has 198 valence electrons. The molecule has 0 amide bonds. The summed E-state index contributed by atoms with van der Waals surface area (Å²) in [5.74, 6) is 0.950. The van der Waals surface area contributed by atoms with Gasteiger partial charge in [0.15, 0.2) is 0 Å². The number of ether oxygens (including phenoxy) is 1. The molecule has 1 aromatic heterocycles. The number of nitrogens with one attached hydrogen (secondary N) is 2. The summed E-state index contributed by atoms with van der Waals surface area (Å²) < 4.78 is 46.9. The van der Waals surface area contributed by atoms with Crippen molar-refractivity contribution in [3.63, 3.8) is 0 Å². The maximum atomic E-state index is 13.7. The van der Waals surface area contributed by atoms with Gasteiger partial charge in [-0.2, -0.15) is 18.2 Å². The third-order valence-electron chi connectivity index (χ3n) is 6.70. The second-order valence-electron chi connectivity index (χ2n) is 9.60. The molecule has 2 N–H and O–H groups in total. The molecule has 5 nitrogen and oxygen atoms in total. The second kappa shape index (κ2) is 12.8. The first-order valence-electron chi connectivity index (χ1n) is 13.2. The Bertz CT molecular complexity index is 1130. The summed E-state index contributed by atoms with van der Waals surface area (Å²) in [5.41, 5.74) is 1.55. The zero-order valence-corrected chi connectivity index (χ0v) is 21.3. The van der Waals surface area contributed by atoms with Crippen molar-refractivity contribution in [1.29, 1.82) is 0 Å². The highest BCUT2D eigenvalue weighted by Gasteiger charge is 2.35. The molecule has 4 rings (SSSR count). The standard InChI is InChI=1S/C29H35F3N4O/c1-2-3-4-8-18-37-25-13-9-12-24(19-25)34-27-26(29(30,31)32)20-33-28(36-27)35-23-16-14-22(15-17-23)21-10-6-5-7-11-21/h9,12-17,19-21H,2-8,10-11,18H2,1H3,(H2,33,34,35,36). The highest BCUT2D eigenvalue weighted by Crippen LogP contribution is 2.36. The summed E-state index contributed by atoms with van der Waals surface area (Å²) in [7, 11) is 0. The van der Waals surface area contributed by atoms with Crippen molar-refractivity contribution in [3.8, 4) is 5.75 Å². The van der Waals surface area contributed by atoms with Crippen molar-refractivity contribution in [2.45, 2.75) is 76.8 Å². The average Bonchev–Trinajstić information content (AvgIpc) is 2.89. The van der Waals surface area contributed by atoms with Crippen LogP contribution >= 0.6 is 0 Å².